The summed E-state index contributed by atoms with van der Waals surface area (Å²) in [6.07, 6.45) is 6.11. The number of primary sulfonamides is 1. The van der Waals surface area contributed by atoms with Crippen LogP contribution in [0.5, 0.6) is 0 Å². The number of rotatable bonds is 7. The van der Waals surface area contributed by atoms with E-state index in [4.69, 9.17) is 5.14 Å². The van der Waals surface area contributed by atoms with Crippen molar-refractivity contribution in [1.29, 1.82) is 0 Å². The summed E-state index contributed by atoms with van der Waals surface area (Å²) in [5.74, 6) is 0.730. The van der Waals surface area contributed by atoms with E-state index in [1.807, 2.05) is 12.1 Å². The highest BCUT2D eigenvalue weighted by molar-refractivity contribution is 7.89. The number of aryl methyl sites for hydroxylation is 3. The first-order valence-corrected chi connectivity index (χ1v) is 12.3. The van der Waals surface area contributed by atoms with Crippen molar-refractivity contribution in [3.05, 3.63) is 53.3 Å². The van der Waals surface area contributed by atoms with Crippen molar-refractivity contribution in [2.24, 2.45) is 5.14 Å². The fraction of sp³-hybridized carbons (Fsp3) is 0.391. The van der Waals surface area contributed by atoms with Gasteiger partial charge in [-0.3, -0.25) is 4.79 Å². The number of nitrogens with two attached hydrogens (primary N) is 1. The highest BCUT2D eigenvalue weighted by atomic mass is 32.2. The third kappa shape index (κ3) is 4.65. The van der Waals surface area contributed by atoms with E-state index in [0.29, 0.717) is 18.4 Å². The number of carbonyl (C=O) groups excluding carboxylic acids is 1. The molecule has 7 nitrogen and oxygen atoms in total. The van der Waals surface area contributed by atoms with E-state index in [9.17, 15) is 13.2 Å². The fourth-order valence-electron chi connectivity index (χ4n) is 4.34. The number of sulfonamides is 1. The molecule has 1 aromatic heterocycles. The highest BCUT2D eigenvalue weighted by Crippen LogP contribution is 2.28. The van der Waals surface area contributed by atoms with Crippen LogP contribution in [0.4, 0.5) is 5.69 Å². The molecule has 3 N–H and O–H groups in total. The molecule has 2 aromatic carbocycles. The Hall–Kier alpha value is -2.71. The van der Waals surface area contributed by atoms with Crippen LogP contribution in [0, 0.1) is 0 Å². The first kappa shape index (κ1) is 21.5. The van der Waals surface area contributed by atoms with Gasteiger partial charge in [0.2, 0.25) is 15.9 Å². The number of benzene rings is 2. The SMILES string of the molecule is CCCn1c(CCC(=O)Nc2cccc3c2CCCC3)nc2cc(S(N)(=O)=O)ccc21. The van der Waals surface area contributed by atoms with Crippen LogP contribution < -0.4 is 10.5 Å². The van der Waals surface area contributed by atoms with Crippen LogP contribution in [0.15, 0.2) is 41.3 Å². The maximum Gasteiger partial charge on any atom is 0.238 e. The number of anilines is 1. The molecule has 0 atom stereocenters. The third-order valence-corrected chi connectivity index (χ3v) is 6.73. The molecular formula is C23H28N4O3S. The zero-order valence-corrected chi connectivity index (χ0v) is 18.5. The van der Waals surface area contributed by atoms with Gasteiger partial charge in [-0.15, -0.1) is 0 Å². The number of hydrogen-bond donors (Lipinski definition) is 2. The minimum absolute atomic E-state index is 0.0410. The largest absolute Gasteiger partial charge is 0.328 e. The number of nitrogens with zero attached hydrogens (tertiary/aromatic N) is 2. The molecule has 0 saturated carbocycles. The number of imidazole rings is 1. The Morgan fingerprint density at radius 3 is 2.77 bits per heavy atom. The number of nitrogens with one attached hydrogen (secondary N) is 1. The molecule has 0 saturated heterocycles. The lowest BCUT2D eigenvalue weighted by atomic mass is 9.90. The maximum absolute atomic E-state index is 12.7. The number of carbonyl (C=O) groups is 1. The number of fused-ring (bicyclic) bond motifs is 2. The Labute approximate surface area is 182 Å². The number of hydrogen-bond acceptors (Lipinski definition) is 4. The van der Waals surface area contributed by atoms with E-state index in [2.05, 4.69) is 27.9 Å². The minimum atomic E-state index is -3.79. The average Bonchev–Trinajstić information content (AvgIpc) is 3.09. The van der Waals surface area contributed by atoms with Crippen molar-refractivity contribution in [1.82, 2.24) is 9.55 Å². The van der Waals surface area contributed by atoms with Gasteiger partial charge in [-0.2, -0.15) is 0 Å². The number of amides is 1. The van der Waals surface area contributed by atoms with E-state index in [0.717, 1.165) is 49.3 Å². The van der Waals surface area contributed by atoms with E-state index < -0.39 is 10.0 Å². The van der Waals surface area contributed by atoms with Crippen LogP contribution in [0.2, 0.25) is 0 Å². The van der Waals surface area contributed by atoms with Crippen molar-refractivity contribution in [2.45, 2.75) is 63.3 Å². The molecule has 0 bridgehead atoms. The molecule has 0 fully saturated rings. The highest BCUT2D eigenvalue weighted by Gasteiger charge is 2.17. The molecule has 3 aromatic rings. The summed E-state index contributed by atoms with van der Waals surface area (Å²) in [4.78, 5) is 17.4. The molecule has 0 spiro atoms. The van der Waals surface area contributed by atoms with E-state index in [1.165, 1.54) is 29.7 Å². The van der Waals surface area contributed by atoms with Gasteiger partial charge in [0.05, 0.1) is 15.9 Å². The maximum atomic E-state index is 12.7. The molecule has 1 aliphatic rings. The molecule has 1 heterocycles. The van der Waals surface area contributed by atoms with Crippen molar-refractivity contribution in [3.63, 3.8) is 0 Å². The second-order valence-corrected chi connectivity index (χ2v) is 9.64. The van der Waals surface area contributed by atoms with Crippen LogP contribution in [0.25, 0.3) is 11.0 Å². The Balaban J connectivity index is 1.53. The predicted octanol–water partition coefficient (Wildman–Crippen LogP) is 3.54. The van der Waals surface area contributed by atoms with Crippen molar-refractivity contribution >= 4 is 32.7 Å². The van der Waals surface area contributed by atoms with Crippen LogP contribution >= 0.6 is 0 Å². The lowest BCUT2D eigenvalue weighted by molar-refractivity contribution is -0.116. The monoisotopic (exact) mass is 440 g/mol. The Bertz CT molecular complexity index is 1230. The van der Waals surface area contributed by atoms with Crippen LogP contribution in [0.1, 0.15) is 49.6 Å². The molecule has 4 rings (SSSR count). The molecule has 0 radical (unpaired) electrons. The Kier molecular flexibility index (Phi) is 6.11. The Morgan fingerprint density at radius 1 is 1.19 bits per heavy atom. The predicted molar refractivity (Wildman–Crippen MR) is 121 cm³/mol. The molecule has 1 amide bonds. The molecule has 31 heavy (non-hydrogen) atoms. The van der Waals surface area contributed by atoms with E-state index in [-0.39, 0.29) is 10.8 Å². The van der Waals surface area contributed by atoms with Gasteiger partial charge in [0.15, 0.2) is 0 Å². The summed E-state index contributed by atoms with van der Waals surface area (Å²) < 4.78 is 25.4. The minimum Gasteiger partial charge on any atom is -0.328 e. The van der Waals surface area contributed by atoms with Crippen LogP contribution in [-0.4, -0.2) is 23.9 Å². The van der Waals surface area contributed by atoms with Gasteiger partial charge in [0, 0.05) is 25.1 Å². The van der Waals surface area contributed by atoms with E-state index in [1.54, 1.807) is 6.07 Å². The third-order valence-electron chi connectivity index (χ3n) is 5.82. The zero-order chi connectivity index (χ0) is 22.0. The standard InChI is InChI=1S/C23H28N4O3S/c1-2-14-27-21-11-10-17(31(24,29)30)15-20(21)25-22(27)12-13-23(28)26-19-9-5-7-16-6-3-4-8-18(16)19/h5,7,9-11,15H,2-4,6,8,12-14H2,1H3,(H,26,28)(H2,24,29,30). The summed E-state index contributed by atoms with van der Waals surface area (Å²) in [6.45, 7) is 2.81. The first-order valence-electron chi connectivity index (χ1n) is 10.8. The van der Waals surface area contributed by atoms with Gasteiger partial charge < -0.3 is 9.88 Å². The summed E-state index contributed by atoms with van der Waals surface area (Å²) >= 11 is 0. The first-order chi connectivity index (χ1) is 14.9. The van der Waals surface area contributed by atoms with Gasteiger partial charge >= 0.3 is 0 Å². The fourth-order valence-corrected chi connectivity index (χ4v) is 4.87. The van der Waals surface area contributed by atoms with Gasteiger partial charge in [-0.05, 0) is 67.5 Å². The molecule has 1 aliphatic carbocycles. The normalized spacial score (nSPS) is 13.9. The van der Waals surface area contributed by atoms with Crippen molar-refractivity contribution in [3.8, 4) is 0 Å². The Morgan fingerprint density at radius 2 is 2.00 bits per heavy atom. The molecule has 0 unspecified atom stereocenters. The second kappa shape index (κ2) is 8.80. The van der Waals surface area contributed by atoms with Crippen LogP contribution in [0.3, 0.4) is 0 Å². The topological polar surface area (TPSA) is 107 Å². The molecular weight excluding hydrogens is 412 g/mol. The lowest BCUT2D eigenvalue weighted by Gasteiger charge is -2.19. The zero-order valence-electron chi connectivity index (χ0n) is 17.7. The summed E-state index contributed by atoms with van der Waals surface area (Å²) in [6, 6.07) is 10.9. The molecule has 164 valence electrons. The number of aromatic nitrogens is 2. The van der Waals surface area contributed by atoms with Gasteiger partial charge in [0.1, 0.15) is 5.82 Å². The quantitative estimate of drug-likeness (QED) is 0.586. The van der Waals surface area contributed by atoms with E-state index >= 15 is 0 Å². The van der Waals surface area contributed by atoms with Gasteiger partial charge in [-0.1, -0.05) is 19.1 Å². The van der Waals surface area contributed by atoms with Crippen LogP contribution in [-0.2, 0) is 40.6 Å². The lowest BCUT2D eigenvalue weighted by Crippen LogP contribution is -2.16. The summed E-state index contributed by atoms with van der Waals surface area (Å²) in [5, 5.41) is 8.34. The summed E-state index contributed by atoms with van der Waals surface area (Å²) in [5.41, 5.74) is 4.94. The second-order valence-electron chi connectivity index (χ2n) is 8.07. The van der Waals surface area contributed by atoms with Crippen molar-refractivity contribution in [2.75, 3.05) is 5.32 Å². The van der Waals surface area contributed by atoms with Crippen molar-refractivity contribution < 1.29 is 13.2 Å². The van der Waals surface area contributed by atoms with Gasteiger partial charge in [-0.25, -0.2) is 18.5 Å². The molecule has 0 aliphatic heterocycles. The van der Waals surface area contributed by atoms with Gasteiger partial charge in [0.25, 0.3) is 0 Å². The average molecular weight is 441 g/mol. The summed E-state index contributed by atoms with van der Waals surface area (Å²) in [7, 11) is -3.79. The molecule has 8 heteroatoms. The smallest absolute Gasteiger partial charge is 0.238 e.